The Hall–Kier alpha value is -1.92. The van der Waals surface area contributed by atoms with Crippen LogP contribution in [0.5, 0.6) is 0 Å². The van der Waals surface area contributed by atoms with Gasteiger partial charge in [0, 0.05) is 20.1 Å². The van der Waals surface area contributed by atoms with E-state index in [1.165, 1.54) is 0 Å². The number of hydrogen-bond acceptors (Lipinski definition) is 4. The van der Waals surface area contributed by atoms with Gasteiger partial charge in [0.25, 0.3) is 0 Å². The quantitative estimate of drug-likeness (QED) is 0.730. The summed E-state index contributed by atoms with van der Waals surface area (Å²) in [6.07, 6.45) is 1.06. The zero-order valence-electron chi connectivity index (χ0n) is 16.7. The fraction of sp³-hybridized carbons (Fsp3) is 0.619. The summed E-state index contributed by atoms with van der Waals surface area (Å²) in [5.74, 6) is -0.518. The molecule has 1 heterocycles. The Bertz CT molecular complexity index is 622. The van der Waals surface area contributed by atoms with E-state index < -0.39 is 18.1 Å². The van der Waals surface area contributed by atoms with Gasteiger partial charge in [0.1, 0.15) is 0 Å². The molecule has 0 saturated carbocycles. The zero-order valence-corrected chi connectivity index (χ0v) is 16.7. The molecule has 0 aliphatic carbocycles. The van der Waals surface area contributed by atoms with E-state index in [9.17, 15) is 14.7 Å². The molecule has 1 aromatic rings. The van der Waals surface area contributed by atoms with Crippen LogP contribution in [-0.2, 0) is 14.3 Å². The molecule has 5 atom stereocenters. The van der Waals surface area contributed by atoms with E-state index >= 15 is 0 Å². The van der Waals surface area contributed by atoms with Gasteiger partial charge in [-0.2, -0.15) is 0 Å². The van der Waals surface area contributed by atoms with Gasteiger partial charge in [-0.15, -0.1) is 0 Å². The molecular weight excluding hydrogens is 344 g/mol. The molecule has 0 unspecified atom stereocenters. The van der Waals surface area contributed by atoms with Gasteiger partial charge in [0.15, 0.2) is 0 Å². The highest BCUT2D eigenvalue weighted by atomic mass is 16.5. The van der Waals surface area contributed by atoms with E-state index in [0.717, 1.165) is 18.4 Å². The first-order valence-corrected chi connectivity index (χ1v) is 9.76. The number of hydrogen-bond donors (Lipinski definition) is 2. The van der Waals surface area contributed by atoms with Gasteiger partial charge < -0.3 is 20.1 Å². The Balaban J connectivity index is 2.02. The molecule has 0 bridgehead atoms. The lowest BCUT2D eigenvalue weighted by Gasteiger charge is -2.34. The summed E-state index contributed by atoms with van der Waals surface area (Å²) in [6.45, 7) is 6.17. The smallest absolute Gasteiger partial charge is 0.225 e. The number of likely N-dealkylation sites (tertiary alicyclic amines) is 1. The third kappa shape index (κ3) is 5.08. The molecule has 1 aliphatic rings. The molecule has 0 aromatic heterocycles. The number of nitrogens with zero attached hydrogens (tertiary/aromatic N) is 1. The first-order valence-electron chi connectivity index (χ1n) is 9.76. The van der Waals surface area contributed by atoms with Crippen molar-refractivity contribution in [3.05, 3.63) is 35.9 Å². The highest BCUT2D eigenvalue weighted by Gasteiger charge is 2.39. The highest BCUT2D eigenvalue weighted by Crippen LogP contribution is 2.27. The van der Waals surface area contributed by atoms with Crippen molar-refractivity contribution in [2.45, 2.75) is 64.3 Å². The van der Waals surface area contributed by atoms with Gasteiger partial charge in [-0.1, -0.05) is 44.2 Å². The zero-order chi connectivity index (χ0) is 20.0. The summed E-state index contributed by atoms with van der Waals surface area (Å²) < 4.78 is 5.65. The Kier molecular flexibility index (Phi) is 7.80. The highest BCUT2D eigenvalue weighted by molar-refractivity contribution is 5.80. The van der Waals surface area contributed by atoms with Crippen LogP contribution in [0.2, 0.25) is 0 Å². The van der Waals surface area contributed by atoms with E-state index in [1.807, 2.05) is 49.1 Å². The van der Waals surface area contributed by atoms with Crippen molar-refractivity contribution in [3.8, 4) is 0 Å². The van der Waals surface area contributed by atoms with Gasteiger partial charge in [-0.3, -0.25) is 9.59 Å². The number of nitrogens with one attached hydrogen (secondary N) is 1. The Labute approximate surface area is 161 Å². The third-order valence-electron chi connectivity index (χ3n) is 5.46. The fourth-order valence-electron chi connectivity index (χ4n) is 3.86. The number of amides is 2. The van der Waals surface area contributed by atoms with Crippen LogP contribution in [-0.4, -0.2) is 53.7 Å². The van der Waals surface area contributed by atoms with Crippen LogP contribution < -0.4 is 5.32 Å². The topological polar surface area (TPSA) is 78.9 Å². The summed E-state index contributed by atoms with van der Waals surface area (Å²) >= 11 is 0. The number of aliphatic hydroxyl groups is 1. The van der Waals surface area contributed by atoms with Crippen molar-refractivity contribution < 1.29 is 19.4 Å². The van der Waals surface area contributed by atoms with Gasteiger partial charge in [0.05, 0.1) is 30.2 Å². The van der Waals surface area contributed by atoms with Crippen molar-refractivity contribution in [1.82, 2.24) is 10.2 Å². The first-order chi connectivity index (χ1) is 12.9. The van der Waals surface area contributed by atoms with E-state index in [0.29, 0.717) is 13.0 Å². The van der Waals surface area contributed by atoms with Gasteiger partial charge in [-0.25, -0.2) is 0 Å². The predicted molar refractivity (Wildman–Crippen MR) is 104 cm³/mol. The first kappa shape index (κ1) is 21.4. The Morgan fingerprint density at radius 2 is 1.96 bits per heavy atom. The predicted octanol–water partition coefficient (Wildman–Crippen LogP) is 2.28. The van der Waals surface area contributed by atoms with Crippen molar-refractivity contribution in [2.24, 2.45) is 5.92 Å². The van der Waals surface area contributed by atoms with E-state index in [1.54, 1.807) is 14.0 Å². The molecule has 27 heavy (non-hydrogen) atoms. The normalized spacial score (nSPS) is 21.4. The largest absolute Gasteiger partial charge is 0.386 e. The van der Waals surface area contributed by atoms with Crippen LogP contribution in [0.25, 0.3) is 0 Å². The van der Waals surface area contributed by atoms with Crippen LogP contribution in [0, 0.1) is 5.92 Å². The number of ether oxygens (including phenoxy) is 1. The number of benzene rings is 1. The Morgan fingerprint density at radius 1 is 1.30 bits per heavy atom. The van der Waals surface area contributed by atoms with Crippen molar-refractivity contribution in [3.63, 3.8) is 0 Å². The molecule has 2 N–H and O–H groups in total. The van der Waals surface area contributed by atoms with Gasteiger partial charge in [-0.05, 0) is 25.3 Å². The number of carbonyl (C=O) groups is 2. The molecule has 1 aliphatic heterocycles. The molecule has 6 nitrogen and oxygen atoms in total. The maximum absolute atomic E-state index is 12.8. The second kappa shape index (κ2) is 9.85. The van der Waals surface area contributed by atoms with E-state index in [2.05, 4.69) is 5.32 Å². The third-order valence-corrected chi connectivity index (χ3v) is 5.46. The second-order valence-electron chi connectivity index (χ2n) is 7.29. The van der Waals surface area contributed by atoms with Gasteiger partial charge in [0.2, 0.25) is 11.8 Å². The molecule has 1 aromatic carbocycles. The summed E-state index contributed by atoms with van der Waals surface area (Å²) in [5, 5.41) is 13.4. The Morgan fingerprint density at radius 3 is 2.56 bits per heavy atom. The lowest BCUT2D eigenvalue weighted by atomic mass is 9.94. The summed E-state index contributed by atoms with van der Waals surface area (Å²) in [4.78, 5) is 26.8. The maximum atomic E-state index is 12.8. The van der Waals surface area contributed by atoms with Crippen molar-refractivity contribution >= 4 is 11.8 Å². The maximum Gasteiger partial charge on any atom is 0.225 e. The minimum atomic E-state index is -0.784. The second-order valence-corrected chi connectivity index (χ2v) is 7.29. The molecular formula is C21H32N2O4. The lowest BCUT2D eigenvalue weighted by Crippen LogP contribution is -2.51. The number of methoxy groups -OCH3 is 1. The van der Waals surface area contributed by atoms with Crippen LogP contribution in [0.4, 0.5) is 0 Å². The van der Waals surface area contributed by atoms with Crippen LogP contribution in [0.3, 0.4) is 0 Å². The van der Waals surface area contributed by atoms with E-state index in [-0.39, 0.29) is 24.0 Å². The van der Waals surface area contributed by atoms with Gasteiger partial charge >= 0.3 is 0 Å². The molecule has 1 fully saturated rings. The average molecular weight is 376 g/mol. The molecule has 1 saturated heterocycles. The summed E-state index contributed by atoms with van der Waals surface area (Å²) in [7, 11) is 1.59. The number of carbonyl (C=O) groups excluding carboxylic acids is 2. The van der Waals surface area contributed by atoms with Crippen LogP contribution in [0.1, 0.15) is 51.7 Å². The number of rotatable bonds is 8. The van der Waals surface area contributed by atoms with Crippen molar-refractivity contribution in [1.29, 1.82) is 0 Å². The standard InChI is InChI=1S/C21H32N2O4/c1-5-18(24)23-13-9-12-17(23)20(27-4)14(2)21(26)22-15(3)19(25)16-10-7-6-8-11-16/h6-8,10-11,14-15,17,19-20,25H,5,9,12-13H2,1-4H3,(H,22,26)/t14-,15-,17+,19-,20-/m1/s1. The molecule has 0 spiro atoms. The fourth-order valence-corrected chi connectivity index (χ4v) is 3.86. The summed E-state index contributed by atoms with van der Waals surface area (Å²) in [6, 6.07) is 8.75. The molecule has 0 radical (unpaired) electrons. The van der Waals surface area contributed by atoms with Crippen LogP contribution in [0.15, 0.2) is 30.3 Å². The molecule has 150 valence electrons. The summed E-state index contributed by atoms with van der Waals surface area (Å²) in [5.41, 5.74) is 0.761. The minimum Gasteiger partial charge on any atom is -0.386 e. The molecule has 6 heteroatoms. The lowest BCUT2D eigenvalue weighted by molar-refractivity contribution is -0.140. The van der Waals surface area contributed by atoms with Crippen molar-refractivity contribution in [2.75, 3.05) is 13.7 Å². The average Bonchev–Trinajstić information content (AvgIpc) is 3.17. The number of aliphatic hydroxyl groups excluding tert-OH is 1. The molecule has 2 amide bonds. The van der Waals surface area contributed by atoms with Crippen LogP contribution >= 0.6 is 0 Å². The molecule has 2 rings (SSSR count). The minimum absolute atomic E-state index is 0.0856. The SMILES string of the molecule is CCC(=O)N1CCC[C@H]1[C@H](OC)[C@@H](C)C(=O)N[C@H](C)[C@@H](O)c1ccccc1. The van der Waals surface area contributed by atoms with E-state index in [4.69, 9.17) is 4.74 Å². The monoisotopic (exact) mass is 376 g/mol.